The van der Waals surface area contributed by atoms with Gasteiger partial charge in [-0.25, -0.2) is 28.0 Å². The monoisotopic (exact) mass is 758 g/mol. The van der Waals surface area contributed by atoms with E-state index in [1.165, 1.54) is 77.0 Å². The van der Waals surface area contributed by atoms with Crippen LogP contribution in [0.4, 0.5) is 0 Å². The number of hydrogen-bond acceptors (Lipinski definition) is 8. The number of unbranched alkanes of at least 4 members (excludes halogenated alkanes) is 14. The summed E-state index contributed by atoms with van der Waals surface area (Å²) in [5.41, 5.74) is 4.58. The Morgan fingerprint density at radius 3 is 0.964 bits per heavy atom. The Hall–Kier alpha value is -5.12. The van der Waals surface area contributed by atoms with Gasteiger partial charge in [-0.2, -0.15) is 0 Å². The fourth-order valence-electron chi connectivity index (χ4n) is 9.44. The van der Waals surface area contributed by atoms with Crippen LogP contribution in [0.25, 0.3) is 55.4 Å². The van der Waals surface area contributed by atoms with Crippen molar-refractivity contribution in [3.05, 3.63) is 99.3 Å². The summed E-state index contributed by atoms with van der Waals surface area (Å²) in [6, 6.07) is 7.42. The summed E-state index contributed by atoms with van der Waals surface area (Å²) in [4.78, 5) is 54.8. The summed E-state index contributed by atoms with van der Waals surface area (Å²) < 4.78 is 27.7. The number of hydrogen-bond donors (Lipinski definition) is 0. The van der Waals surface area contributed by atoms with Crippen LogP contribution in [0, 0.1) is 0 Å². The van der Waals surface area contributed by atoms with Crippen LogP contribution in [-0.4, -0.2) is 8.80 Å². The lowest BCUT2D eigenvalue weighted by atomic mass is 9.91. The number of aryl methyl sites for hydroxylation is 2. The summed E-state index contributed by atoms with van der Waals surface area (Å²) in [5, 5.41) is 1.38. The quantitative estimate of drug-likeness (QED) is 0.0791. The van der Waals surface area contributed by atoms with Crippen molar-refractivity contribution in [2.24, 2.45) is 0 Å². The average molecular weight is 759 g/mol. The highest BCUT2D eigenvalue weighted by molar-refractivity contribution is 6.00. The first kappa shape index (κ1) is 36.5. The van der Waals surface area contributed by atoms with E-state index in [0.717, 1.165) is 49.7 Å². The van der Waals surface area contributed by atoms with Crippen molar-refractivity contribution in [2.45, 2.75) is 142 Å². The number of benzene rings is 2. The second kappa shape index (κ2) is 15.1. The zero-order valence-electron chi connectivity index (χ0n) is 32.6. The summed E-state index contributed by atoms with van der Waals surface area (Å²) in [5.74, 6) is 0. The first-order chi connectivity index (χ1) is 27.4. The molecule has 0 amide bonds. The van der Waals surface area contributed by atoms with E-state index in [2.05, 4.69) is 13.8 Å². The lowest BCUT2D eigenvalue weighted by Gasteiger charge is -2.10. The van der Waals surface area contributed by atoms with Crippen LogP contribution >= 0.6 is 0 Å². The Morgan fingerprint density at radius 2 is 0.679 bits per heavy atom. The number of rotatable bonds is 18. The molecule has 8 aromatic rings. The molecule has 6 heterocycles. The lowest BCUT2D eigenvalue weighted by Crippen LogP contribution is -2.12. The summed E-state index contributed by atoms with van der Waals surface area (Å²) in [7, 11) is 0. The van der Waals surface area contributed by atoms with Gasteiger partial charge >= 0.3 is 22.5 Å². The SMILES string of the molecule is CCCCCCCCCCc1cc2c(=O)oc3c4c(c5oc(=O)c(c1)c2n35)Cc1c(c2oc(=O)c3cc(CCCCCCCCCC)cc5c(=O)oc1n2c35)C4. The van der Waals surface area contributed by atoms with Crippen LogP contribution in [0.2, 0.25) is 0 Å². The van der Waals surface area contributed by atoms with Crippen molar-refractivity contribution < 1.29 is 17.7 Å². The van der Waals surface area contributed by atoms with Crippen LogP contribution in [0.1, 0.15) is 150 Å². The van der Waals surface area contributed by atoms with Gasteiger partial charge in [0.05, 0.1) is 32.6 Å². The van der Waals surface area contributed by atoms with Crippen LogP contribution in [0.15, 0.2) is 61.1 Å². The normalized spacial score (nSPS) is 13.2. The molecule has 0 spiro atoms. The second-order valence-corrected chi connectivity index (χ2v) is 16.2. The fourth-order valence-corrected chi connectivity index (χ4v) is 9.44. The van der Waals surface area contributed by atoms with Gasteiger partial charge in [-0.3, -0.25) is 0 Å². The third-order valence-corrected chi connectivity index (χ3v) is 12.3. The Bertz CT molecular complexity index is 2580. The van der Waals surface area contributed by atoms with Gasteiger partial charge in [0.2, 0.25) is 22.9 Å². The van der Waals surface area contributed by atoms with E-state index in [1.54, 1.807) is 8.80 Å². The van der Waals surface area contributed by atoms with Crippen molar-refractivity contribution in [1.82, 2.24) is 8.80 Å². The standard InChI is InChI=1S/C46H50N2O8/c1-3-5-7-9-11-13-15-17-19-27-21-33-37-34(22-27)44(50)54-40-30-26-32-31(25-29(30)39(47(37)40)53-43(33)49)41-48-38-35(45(51)55-41)23-28(24-36(38)46(52)56-42(32)48)20-18-16-14-12-10-8-6-4-2/h21-24H,3-20,25-26H2,1-2H3. The highest BCUT2D eigenvalue weighted by atomic mass is 16.4. The highest BCUT2D eigenvalue weighted by Gasteiger charge is 2.35. The molecule has 0 radical (unpaired) electrons. The summed E-state index contributed by atoms with van der Waals surface area (Å²) in [6.07, 6.45) is 21.0. The third-order valence-electron chi connectivity index (χ3n) is 12.3. The predicted molar refractivity (Wildman–Crippen MR) is 220 cm³/mol. The molecule has 0 unspecified atom stereocenters. The van der Waals surface area contributed by atoms with Gasteiger partial charge in [-0.1, -0.05) is 104 Å². The Labute approximate surface area is 322 Å². The smallest absolute Gasteiger partial charge is 0.347 e. The van der Waals surface area contributed by atoms with Gasteiger partial charge in [0, 0.05) is 35.1 Å². The number of nitrogens with zero attached hydrogens (tertiary/aromatic N) is 2. The van der Waals surface area contributed by atoms with Crippen molar-refractivity contribution >= 4 is 55.4 Å². The molecule has 0 saturated heterocycles. The van der Waals surface area contributed by atoms with E-state index >= 15 is 0 Å². The van der Waals surface area contributed by atoms with Crippen LogP contribution in [-0.2, 0) is 25.7 Å². The molecule has 0 fully saturated rings. The number of aromatic nitrogens is 2. The fraction of sp³-hybridized carbons (Fsp3) is 0.478. The van der Waals surface area contributed by atoms with Gasteiger partial charge in [0.15, 0.2) is 0 Å². The molecule has 10 nitrogen and oxygen atoms in total. The Kier molecular flexibility index (Phi) is 9.84. The molecule has 6 aromatic heterocycles. The molecule has 1 aliphatic carbocycles. The molecule has 0 N–H and O–H groups in total. The van der Waals surface area contributed by atoms with Crippen molar-refractivity contribution in [3.8, 4) is 0 Å². The maximum atomic E-state index is 13.7. The summed E-state index contributed by atoms with van der Waals surface area (Å²) >= 11 is 0. The molecule has 0 aliphatic heterocycles. The zero-order valence-corrected chi connectivity index (χ0v) is 32.6. The largest absolute Gasteiger partial charge is 0.405 e. The molecular formula is C46H50N2O8. The number of fused-ring (bicyclic) bond motifs is 6. The first-order valence-electron chi connectivity index (χ1n) is 21.1. The van der Waals surface area contributed by atoms with E-state index in [9.17, 15) is 19.2 Å². The molecule has 1 aliphatic rings. The van der Waals surface area contributed by atoms with Crippen LogP contribution in [0.5, 0.6) is 0 Å². The Balaban J connectivity index is 1.04. The van der Waals surface area contributed by atoms with Crippen LogP contribution in [0.3, 0.4) is 0 Å². The zero-order chi connectivity index (χ0) is 38.5. The maximum absolute atomic E-state index is 13.7. The Morgan fingerprint density at radius 1 is 0.411 bits per heavy atom. The van der Waals surface area contributed by atoms with Crippen molar-refractivity contribution in [3.63, 3.8) is 0 Å². The van der Waals surface area contributed by atoms with E-state index in [-0.39, 0.29) is 12.8 Å². The minimum Gasteiger partial charge on any atom is -0.405 e. The minimum absolute atomic E-state index is 0.216. The van der Waals surface area contributed by atoms with E-state index in [4.69, 9.17) is 17.7 Å². The van der Waals surface area contributed by atoms with Gasteiger partial charge in [-0.05, 0) is 61.1 Å². The van der Waals surface area contributed by atoms with Crippen molar-refractivity contribution in [1.29, 1.82) is 0 Å². The van der Waals surface area contributed by atoms with E-state index in [1.807, 2.05) is 24.3 Å². The second-order valence-electron chi connectivity index (χ2n) is 16.2. The molecule has 9 rings (SSSR count). The molecule has 0 bridgehead atoms. The average Bonchev–Trinajstić information content (AvgIpc) is 3.66. The van der Waals surface area contributed by atoms with Crippen LogP contribution < -0.4 is 22.5 Å². The van der Waals surface area contributed by atoms with Gasteiger partial charge in [-0.15, -0.1) is 0 Å². The molecule has 0 atom stereocenters. The lowest BCUT2D eigenvalue weighted by molar-refractivity contribution is 0.521. The van der Waals surface area contributed by atoms with Crippen molar-refractivity contribution in [2.75, 3.05) is 0 Å². The van der Waals surface area contributed by atoms with E-state index < -0.39 is 22.5 Å². The topological polar surface area (TPSA) is 130 Å². The molecule has 56 heavy (non-hydrogen) atoms. The van der Waals surface area contributed by atoms with E-state index in [0.29, 0.717) is 77.7 Å². The van der Waals surface area contributed by atoms with Gasteiger partial charge < -0.3 is 17.7 Å². The highest BCUT2D eigenvalue weighted by Crippen LogP contribution is 2.42. The first-order valence-corrected chi connectivity index (χ1v) is 21.1. The minimum atomic E-state index is -0.516. The molecule has 2 aromatic carbocycles. The maximum Gasteiger partial charge on any atom is 0.347 e. The molecule has 10 heteroatoms. The molecular weight excluding hydrogens is 709 g/mol. The van der Waals surface area contributed by atoms with Gasteiger partial charge in [0.1, 0.15) is 0 Å². The predicted octanol–water partition coefficient (Wildman–Crippen LogP) is 10.4. The molecule has 0 saturated carbocycles. The van der Waals surface area contributed by atoms with Gasteiger partial charge in [0.25, 0.3) is 0 Å². The molecule has 292 valence electrons. The summed E-state index contributed by atoms with van der Waals surface area (Å²) in [6.45, 7) is 4.45. The third kappa shape index (κ3) is 6.16.